The van der Waals surface area contributed by atoms with Gasteiger partial charge in [-0.15, -0.1) is 0 Å². The monoisotopic (exact) mass is 516 g/mol. The van der Waals surface area contributed by atoms with E-state index in [1.165, 1.54) is 0 Å². The topological polar surface area (TPSA) is 199 Å². The van der Waals surface area contributed by atoms with Crippen molar-refractivity contribution < 1.29 is 77.8 Å². The van der Waals surface area contributed by atoms with E-state index in [-0.39, 0.29) is 26.2 Å². The fourth-order valence-corrected chi connectivity index (χ4v) is 1.74. The number of hydrogen-bond donors (Lipinski definition) is 1. The molecule has 0 saturated carbocycles. The Bertz CT molecular complexity index is 480. The SMILES string of the molecule is O=[P+]([O-])O[P+](=O)[O-].O=[P+]([O-])O[P+](=O)[O-].OC(Cl)c1ccccc1.[Zr+4]. The number of hydrogen-bond acceptors (Lipinski definition) is 11. The van der Waals surface area contributed by atoms with Crippen molar-refractivity contribution in [1.29, 1.82) is 0 Å². The second-order valence-corrected chi connectivity index (χ2v) is 6.31. The van der Waals surface area contributed by atoms with Crippen LogP contribution in [0.5, 0.6) is 0 Å². The van der Waals surface area contributed by atoms with Crippen LogP contribution in [0.25, 0.3) is 0 Å². The molecule has 0 aliphatic rings. The van der Waals surface area contributed by atoms with Crippen LogP contribution in [0, 0.1) is 0 Å². The number of aliphatic hydroxyl groups is 1. The van der Waals surface area contributed by atoms with Gasteiger partial charge in [-0.1, -0.05) is 41.9 Å². The van der Waals surface area contributed by atoms with Gasteiger partial charge in [0.1, 0.15) is 8.62 Å². The molecule has 0 amide bonds. The van der Waals surface area contributed by atoms with Gasteiger partial charge < -0.3 is 24.7 Å². The van der Waals surface area contributed by atoms with Crippen molar-refractivity contribution >= 4 is 44.6 Å². The third kappa shape index (κ3) is 24.8. The fourth-order valence-electron chi connectivity index (χ4n) is 0.721. The minimum absolute atomic E-state index is 0. The summed E-state index contributed by atoms with van der Waals surface area (Å²) in [6, 6.07) is 9.10. The zero-order valence-corrected chi connectivity index (χ0v) is 18.0. The molecule has 0 aromatic heterocycles. The van der Waals surface area contributed by atoms with Gasteiger partial charge in [0, 0.05) is 0 Å². The Hall–Kier alpha value is 0.513. The molecule has 0 fully saturated rings. The van der Waals surface area contributed by atoms with Crippen LogP contribution in [0.1, 0.15) is 11.1 Å². The van der Waals surface area contributed by atoms with Crippen LogP contribution in [0.4, 0.5) is 0 Å². The Morgan fingerprint density at radius 1 is 0.833 bits per heavy atom. The summed E-state index contributed by atoms with van der Waals surface area (Å²) in [5.74, 6) is 0. The third-order valence-corrected chi connectivity index (χ3v) is 3.73. The van der Waals surface area contributed by atoms with Crippen LogP contribution in [-0.2, 0) is 53.1 Å². The minimum atomic E-state index is -3.24. The maximum atomic E-state index is 9.24. The van der Waals surface area contributed by atoms with E-state index in [4.69, 9.17) is 16.7 Å². The summed E-state index contributed by atoms with van der Waals surface area (Å²) in [5.41, 5.74) is -0.134. The van der Waals surface area contributed by atoms with Crippen molar-refractivity contribution in [3.63, 3.8) is 0 Å². The van der Waals surface area contributed by atoms with E-state index in [0.717, 1.165) is 5.56 Å². The number of rotatable bonds is 5. The maximum absolute atomic E-state index is 9.24. The first kappa shape index (κ1) is 29.3. The molecule has 0 spiro atoms. The normalized spacial score (nSPS) is 12.8. The van der Waals surface area contributed by atoms with Crippen LogP contribution in [-0.4, -0.2) is 5.11 Å². The van der Waals surface area contributed by atoms with Crippen molar-refractivity contribution in [1.82, 2.24) is 0 Å². The van der Waals surface area contributed by atoms with Gasteiger partial charge >= 0.3 is 59.2 Å². The molecule has 0 bridgehead atoms. The van der Waals surface area contributed by atoms with Crippen molar-refractivity contribution in [3.05, 3.63) is 35.9 Å². The van der Waals surface area contributed by atoms with Gasteiger partial charge in [-0.2, -0.15) is 0 Å². The van der Waals surface area contributed by atoms with E-state index in [1.54, 1.807) is 12.1 Å². The number of alkyl halides is 1. The van der Waals surface area contributed by atoms with E-state index >= 15 is 0 Å². The van der Waals surface area contributed by atoms with E-state index in [1.807, 2.05) is 18.2 Å². The largest absolute Gasteiger partial charge is 4.00 e. The van der Waals surface area contributed by atoms with Gasteiger partial charge in [-0.05, 0) is 23.8 Å². The second-order valence-electron chi connectivity index (χ2n) is 2.80. The molecule has 11 nitrogen and oxygen atoms in total. The Balaban J connectivity index is -0.000000274. The van der Waals surface area contributed by atoms with E-state index in [9.17, 15) is 37.8 Å². The van der Waals surface area contributed by atoms with Gasteiger partial charge in [0.2, 0.25) is 0 Å². The summed E-state index contributed by atoms with van der Waals surface area (Å²) >= 11 is 5.36. The van der Waals surface area contributed by atoms with Crippen LogP contribution in [0.3, 0.4) is 0 Å². The summed E-state index contributed by atoms with van der Waals surface area (Å²) in [5, 5.41) is 8.79. The second kappa shape index (κ2) is 18.3. The molecule has 1 rings (SSSR count). The first-order chi connectivity index (χ1) is 10.6. The molecule has 1 N–H and O–H groups in total. The quantitative estimate of drug-likeness (QED) is 0.407. The molecule has 0 heterocycles. The molecule has 17 heteroatoms. The zero-order valence-electron chi connectivity index (χ0n) is 11.2. The smallest absolute Gasteiger partial charge is 0.563 e. The zero-order chi connectivity index (χ0) is 18.4. The van der Waals surface area contributed by atoms with Gasteiger partial charge in [0.25, 0.3) is 0 Å². The predicted molar refractivity (Wildman–Crippen MR) is 69.9 cm³/mol. The number of aliphatic hydroxyl groups excluding tert-OH is 1. The van der Waals surface area contributed by atoms with Crippen molar-refractivity contribution in [3.8, 4) is 0 Å². The third-order valence-electron chi connectivity index (χ3n) is 1.34. The van der Waals surface area contributed by atoms with Crippen molar-refractivity contribution in [2.75, 3.05) is 0 Å². The van der Waals surface area contributed by atoms with E-state index in [0.29, 0.717) is 0 Å². The molecule has 1 aromatic rings. The maximum Gasteiger partial charge on any atom is 4.00 e. The molecular weight excluding hydrogens is 511 g/mol. The number of benzene rings is 1. The van der Waals surface area contributed by atoms with Gasteiger partial charge in [-0.3, -0.25) is 0 Å². The molecule has 5 unspecified atom stereocenters. The van der Waals surface area contributed by atoms with Crippen molar-refractivity contribution in [2.45, 2.75) is 5.56 Å². The van der Waals surface area contributed by atoms with Crippen LogP contribution >= 0.6 is 44.6 Å². The van der Waals surface area contributed by atoms with Gasteiger partial charge in [-0.25, -0.2) is 0 Å². The Labute approximate surface area is 163 Å². The predicted octanol–water partition coefficient (Wildman–Crippen LogP) is -0.00940. The summed E-state index contributed by atoms with van der Waals surface area (Å²) in [7, 11) is -12.9. The minimum Gasteiger partial charge on any atom is -0.563 e. The molecule has 0 aliphatic carbocycles. The number of halogens is 1. The first-order valence-corrected chi connectivity index (χ1v) is 9.68. The molecule has 0 aliphatic heterocycles. The first-order valence-electron chi connectivity index (χ1n) is 4.87. The summed E-state index contributed by atoms with van der Waals surface area (Å²) in [6.07, 6.45) is 0. The average Bonchev–Trinajstić information content (AvgIpc) is 2.37. The van der Waals surface area contributed by atoms with Crippen molar-refractivity contribution in [2.24, 2.45) is 0 Å². The van der Waals surface area contributed by atoms with Gasteiger partial charge in [0.05, 0.1) is 0 Å². The van der Waals surface area contributed by atoms with Gasteiger partial charge in [0.15, 0.2) is 5.56 Å². The molecule has 0 radical (unpaired) electrons. The standard InChI is InChI=1S/C7H7ClO.2O5P2.Zr/c8-7(9)6-4-2-1-3-5-6;2*1-6(2)5-7(3)4;/h1-5,7,9H;;;/q;;;+4. The van der Waals surface area contributed by atoms with Crippen LogP contribution in [0.15, 0.2) is 30.3 Å². The molecule has 5 atom stereocenters. The Kier molecular flexibility index (Phi) is 22.3. The van der Waals surface area contributed by atoms with Crippen LogP contribution < -0.4 is 19.6 Å². The molecule has 24 heavy (non-hydrogen) atoms. The molecular formula is C7H7ClO11P4Zr+4. The summed E-state index contributed by atoms with van der Waals surface area (Å²) in [6.45, 7) is 0. The van der Waals surface area contributed by atoms with E-state index < -0.39 is 38.6 Å². The summed E-state index contributed by atoms with van der Waals surface area (Å²) < 4.78 is 43.3. The fraction of sp³-hybridized carbons (Fsp3) is 0.143. The summed E-state index contributed by atoms with van der Waals surface area (Å²) in [4.78, 5) is 37.0. The molecule has 1 aromatic carbocycles. The Morgan fingerprint density at radius 2 is 1.12 bits per heavy atom. The molecule has 0 saturated heterocycles. The average molecular weight is 518 g/mol. The Morgan fingerprint density at radius 3 is 1.25 bits per heavy atom. The van der Waals surface area contributed by atoms with Crippen LogP contribution in [0.2, 0.25) is 0 Å². The molecule has 128 valence electrons. The van der Waals surface area contributed by atoms with E-state index in [2.05, 4.69) is 8.62 Å².